The molecule has 8 heteroatoms. The first-order chi connectivity index (χ1) is 32.3. The van der Waals surface area contributed by atoms with E-state index in [2.05, 4.69) is 189 Å². The van der Waals surface area contributed by atoms with Crippen LogP contribution in [-0.4, -0.2) is 39.9 Å². The fourth-order valence-electron chi connectivity index (χ4n) is 10.9. The first-order valence-electron chi connectivity index (χ1n) is 24.0. The number of aromatic nitrogens is 8. The monoisotopic (exact) mass is 895 g/mol. The number of hydrogen-bond donors (Lipinski definition) is 6. The second-order valence-corrected chi connectivity index (χ2v) is 20.1. The van der Waals surface area contributed by atoms with E-state index in [1.54, 1.807) is 0 Å². The Morgan fingerprint density at radius 1 is 0.265 bits per heavy atom. The molecular weight excluding hydrogens is 833 g/mol. The van der Waals surface area contributed by atoms with Crippen molar-refractivity contribution in [3.05, 3.63) is 138 Å². The summed E-state index contributed by atoms with van der Waals surface area (Å²) in [6, 6.07) is 18.3. The van der Waals surface area contributed by atoms with E-state index in [-0.39, 0.29) is 0 Å². The molecule has 0 radical (unpaired) electrons. The molecule has 0 saturated heterocycles. The third kappa shape index (κ3) is 6.11. The van der Waals surface area contributed by atoms with Crippen molar-refractivity contribution in [3.63, 3.8) is 0 Å². The number of allylic oxidation sites excluding steroid dienone is 4. The Kier molecular flexibility index (Phi) is 9.60. The summed E-state index contributed by atoms with van der Waals surface area (Å²) in [6.07, 6.45) is 0. The highest BCUT2D eigenvalue weighted by Crippen LogP contribution is 2.42. The van der Waals surface area contributed by atoms with Crippen LogP contribution in [0, 0.1) is 83.1 Å². The molecule has 8 aromatic heterocycles. The van der Waals surface area contributed by atoms with E-state index in [1.807, 2.05) is 0 Å². The van der Waals surface area contributed by atoms with Crippen LogP contribution in [0.5, 0.6) is 0 Å². The van der Waals surface area contributed by atoms with E-state index in [0.717, 1.165) is 111 Å². The Hall–Kier alpha value is -7.32. The highest BCUT2D eigenvalue weighted by Gasteiger charge is 2.23. The van der Waals surface area contributed by atoms with Gasteiger partial charge in [0.15, 0.2) is 0 Å². The average Bonchev–Trinajstić information content (AvgIpc) is 4.18. The van der Waals surface area contributed by atoms with E-state index in [1.165, 1.54) is 89.1 Å². The second kappa shape index (κ2) is 15.1. The zero-order chi connectivity index (χ0) is 48.1. The van der Waals surface area contributed by atoms with Crippen LogP contribution < -0.4 is 0 Å². The van der Waals surface area contributed by atoms with Gasteiger partial charge in [0.25, 0.3) is 0 Å². The van der Waals surface area contributed by atoms with Crippen molar-refractivity contribution in [2.24, 2.45) is 0 Å². The molecular formula is C60H62N8. The highest BCUT2D eigenvalue weighted by molar-refractivity contribution is 6.03. The molecule has 2 aliphatic rings. The van der Waals surface area contributed by atoms with Crippen LogP contribution in [0.3, 0.4) is 0 Å². The molecule has 0 fully saturated rings. The minimum atomic E-state index is 0.992. The second-order valence-electron chi connectivity index (χ2n) is 20.1. The molecule has 10 heterocycles. The van der Waals surface area contributed by atoms with Crippen molar-refractivity contribution in [2.45, 2.75) is 111 Å². The molecule has 1 aromatic carbocycles. The van der Waals surface area contributed by atoms with Gasteiger partial charge >= 0.3 is 0 Å². The number of nitrogens with zero attached hydrogens (tertiary/aromatic N) is 2. The lowest BCUT2D eigenvalue weighted by Crippen LogP contribution is -1.88. The summed E-state index contributed by atoms with van der Waals surface area (Å²) >= 11 is 0. The van der Waals surface area contributed by atoms with Gasteiger partial charge in [-0.05, 0) is 235 Å². The Morgan fingerprint density at radius 2 is 0.500 bits per heavy atom. The maximum Gasteiger partial charge on any atom is 0.0907 e. The summed E-state index contributed by atoms with van der Waals surface area (Å²) in [5.74, 6) is 0. The van der Waals surface area contributed by atoms with Gasteiger partial charge in [-0.1, -0.05) is 24.3 Å². The predicted molar refractivity (Wildman–Crippen MR) is 290 cm³/mol. The topological polar surface area (TPSA) is 121 Å². The number of rotatable bonds is 2. The zero-order valence-electron chi connectivity index (χ0n) is 42.5. The third-order valence-electron chi connectivity index (χ3n) is 16.8. The van der Waals surface area contributed by atoms with Crippen LogP contribution in [0.1, 0.15) is 117 Å². The van der Waals surface area contributed by atoms with Gasteiger partial charge in [0.2, 0.25) is 0 Å². The van der Waals surface area contributed by atoms with Gasteiger partial charge in [0.05, 0.1) is 55.9 Å². The lowest BCUT2D eigenvalue weighted by Gasteiger charge is -2.10. The highest BCUT2D eigenvalue weighted by atomic mass is 14.8. The van der Waals surface area contributed by atoms with Crippen LogP contribution in [0.2, 0.25) is 0 Å². The van der Waals surface area contributed by atoms with E-state index < -0.39 is 0 Å². The Labute approximate surface area is 397 Å². The van der Waals surface area contributed by atoms with E-state index in [0.29, 0.717) is 0 Å². The van der Waals surface area contributed by atoms with E-state index in [4.69, 9.17) is 9.97 Å². The Bertz CT molecular complexity index is 3790. The van der Waals surface area contributed by atoms with Crippen molar-refractivity contribution in [1.82, 2.24) is 39.9 Å². The van der Waals surface area contributed by atoms with Crippen LogP contribution in [0.25, 0.3) is 111 Å². The fourth-order valence-corrected chi connectivity index (χ4v) is 10.9. The minimum Gasteiger partial charge on any atom is -0.354 e. The van der Waals surface area contributed by atoms with Gasteiger partial charge in [-0.15, -0.1) is 0 Å². The normalized spacial score (nSPS) is 13.2. The number of nitrogens with one attached hydrogen (secondary N) is 6. The number of aryl methyl sites for hydroxylation is 12. The van der Waals surface area contributed by atoms with Gasteiger partial charge in [-0.25, -0.2) is 9.97 Å². The standard InChI is InChI=1S/C60H62N8/c1-25-33(9)53-51(54-34(10)26(2)44(62-54)22-48-30(6)38(14)58(66-48)57-37(13)29(5)47(65-57)21-43(25)61-53)41-17-19-42(20-18-41)52-55-35(11)27(3)45(63-55)23-49-31(7)39(15)59(67-49)60-40(16)32(8)50(68-60)24-46-28(4)36(12)56(52)64-46/h17-24,61-65,67H,1-16H3. The molecule has 342 valence electrons. The Morgan fingerprint density at radius 3 is 0.779 bits per heavy atom. The van der Waals surface area contributed by atoms with Crippen molar-refractivity contribution in [3.8, 4) is 22.3 Å². The molecule has 16 bridgehead atoms. The van der Waals surface area contributed by atoms with Crippen molar-refractivity contribution in [2.75, 3.05) is 0 Å². The maximum atomic E-state index is 5.30. The molecule has 8 nitrogen and oxygen atoms in total. The van der Waals surface area contributed by atoms with Gasteiger partial charge in [0, 0.05) is 44.2 Å². The molecule has 0 saturated carbocycles. The predicted octanol–water partition coefficient (Wildman–Crippen LogP) is 16.3. The molecule has 0 atom stereocenters. The lowest BCUT2D eigenvalue weighted by atomic mass is 9.96. The number of aromatic amines is 6. The largest absolute Gasteiger partial charge is 0.354 e. The maximum absolute atomic E-state index is 5.30. The summed E-state index contributed by atoms with van der Waals surface area (Å²) in [6.45, 7) is 35.5. The summed E-state index contributed by atoms with van der Waals surface area (Å²) in [5, 5.41) is 0. The number of H-pyrrole nitrogens is 6. The molecule has 0 unspecified atom stereocenters. The molecule has 0 amide bonds. The number of benzene rings is 1. The van der Waals surface area contributed by atoms with Gasteiger partial charge in [-0.2, -0.15) is 0 Å². The summed E-state index contributed by atoms with van der Waals surface area (Å²) in [4.78, 5) is 34.0. The van der Waals surface area contributed by atoms with Gasteiger partial charge in [0.1, 0.15) is 0 Å². The first kappa shape index (κ1) is 43.3. The van der Waals surface area contributed by atoms with Gasteiger partial charge in [-0.3, -0.25) is 0 Å². The quantitative estimate of drug-likeness (QED) is 0.104. The average molecular weight is 895 g/mol. The molecule has 0 spiro atoms. The molecule has 68 heavy (non-hydrogen) atoms. The van der Waals surface area contributed by atoms with Crippen molar-refractivity contribution >= 4 is 88.5 Å². The van der Waals surface area contributed by atoms with Crippen LogP contribution in [-0.2, 0) is 0 Å². The fraction of sp³-hybridized carbons (Fsp3) is 0.267. The molecule has 2 aliphatic heterocycles. The lowest BCUT2D eigenvalue weighted by molar-refractivity contribution is 1.29. The minimum absolute atomic E-state index is 0.992. The van der Waals surface area contributed by atoms with Gasteiger partial charge < -0.3 is 29.9 Å². The van der Waals surface area contributed by atoms with E-state index >= 15 is 0 Å². The molecule has 9 aromatic rings. The zero-order valence-corrected chi connectivity index (χ0v) is 42.5. The third-order valence-corrected chi connectivity index (χ3v) is 16.8. The molecule has 0 aliphatic carbocycles. The number of hydrogen-bond acceptors (Lipinski definition) is 2. The SMILES string of the molecule is CC1=C(C)c2nc1cc1[nH]c(c(C)c1C)c(-c1ccc(-c3c4[nH]c(cc5nc(c6[nH]c(cc7[nH]c3c(C)c7C)c(C)c6C)C(C)=C5C)c(C)c4C)cc1)c1[nH]c(cc3[nH]c2c(C)c3C)c(C)c1C. The van der Waals surface area contributed by atoms with Crippen molar-refractivity contribution in [1.29, 1.82) is 0 Å². The summed E-state index contributed by atoms with van der Waals surface area (Å²) < 4.78 is 0. The van der Waals surface area contributed by atoms with Crippen LogP contribution >= 0.6 is 0 Å². The number of fused-ring (bicyclic) bond motifs is 18. The first-order valence-corrected chi connectivity index (χ1v) is 24.0. The van der Waals surface area contributed by atoms with E-state index in [9.17, 15) is 0 Å². The molecule has 11 rings (SSSR count). The summed E-state index contributed by atoms with van der Waals surface area (Å²) in [5.41, 5.74) is 41.1. The van der Waals surface area contributed by atoms with Crippen molar-refractivity contribution < 1.29 is 0 Å². The summed E-state index contributed by atoms with van der Waals surface area (Å²) in [7, 11) is 0. The molecule has 6 N–H and O–H groups in total. The van der Waals surface area contributed by atoms with Crippen LogP contribution in [0.4, 0.5) is 0 Å². The Balaban J connectivity index is 1.22. The van der Waals surface area contributed by atoms with Crippen LogP contribution in [0.15, 0.2) is 48.5 Å². The smallest absolute Gasteiger partial charge is 0.0907 e.